The van der Waals surface area contributed by atoms with Gasteiger partial charge in [0, 0.05) is 6.42 Å². The van der Waals surface area contributed by atoms with Crippen LogP contribution in [-0.2, 0) is 14.3 Å². The van der Waals surface area contributed by atoms with Gasteiger partial charge < -0.3 is 9.53 Å². The quantitative estimate of drug-likeness (QED) is 0.600. The first-order valence-electron chi connectivity index (χ1n) is 6.13. The molecule has 0 bridgehead atoms. The maximum atomic E-state index is 11.6. The minimum absolute atomic E-state index is 0.0434. The van der Waals surface area contributed by atoms with Gasteiger partial charge in [-0.1, -0.05) is 20.8 Å². The topological polar surface area (TPSA) is 43.4 Å². The molecule has 0 aromatic carbocycles. The Morgan fingerprint density at radius 2 is 1.88 bits per heavy atom. The molecule has 0 saturated carbocycles. The van der Waals surface area contributed by atoms with Crippen LogP contribution in [0.25, 0.3) is 0 Å². The molecular weight excluding hydrogens is 204 g/mol. The summed E-state index contributed by atoms with van der Waals surface area (Å²) in [7, 11) is 0. The number of carbonyl (C=O) groups excluding carboxylic acids is 2. The maximum Gasteiger partial charge on any atom is 0.308 e. The zero-order valence-corrected chi connectivity index (χ0v) is 10.9. The summed E-state index contributed by atoms with van der Waals surface area (Å²) in [4.78, 5) is 22.4. The molecule has 0 N–H and O–H groups in total. The van der Waals surface area contributed by atoms with Gasteiger partial charge in [-0.05, 0) is 32.1 Å². The van der Waals surface area contributed by atoms with Gasteiger partial charge in [-0.15, -0.1) is 0 Å². The molecule has 0 radical (unpaired) electrons. The summed E-state index contributed by atoms with van der Waals surface area (Å²) in [5.74, 6) is 0.405. The maximum absolute atomic E-state index is 11.6. The second kappa shape index (κ2) is 8.31. The highest BCUT2D eigenvalue weighted by atomic mass is 16.5. The number of hydrogen-bond donors (Lipinski definition) is 0. The van der Waals surface area contributed by atoms with Crippen molar-refractivity contribution in [2.75, 3.05) is 6.61 Å². The fourth-order valence-corrected chi connectivity index (χ4v) is 1.45. The first-order chi connectivity index (χ1) is 7.47. The lowest BCUT2D eigenvalue weighted by molar-refractivity contribution is -0.150. The molecule has 3 nitrogen and oxygen atoms in total. The standard InChI is InChI=1S/C13H24O3/c1-5-12(8-6-7-11(4)14)13(15)16-9-10(2)3/h10,12H,5-9H2,1-4H3. The zero-order chi connectivity index (χ0) is 12.6. The highest BCUT2D eigenvalue weighted by Crippen LogP contribution is 2.15. The second-order valence-corrected chi connectivity index (χ2v) is 4.72. The van der Waals surface area contributed by atoms with E-state index in [1.807, 2.05) is 20.8 Å². The van der Waals surface area contributed by atoms with Crippen molar-refractivity contribution in [3.05, 3.63) is 0 Å². The van der Waals surface area contributed by atoms with Crippen LogP contribution in [0.4, 0.5) is 0 Å². The molecule has 0 aliphatic heterocycles. The van der Waals surface area contributed by atoms with Gasteiger partial charge in [0.2, 0.25) is 0 Å². The average molecular weight is 228 g/mol. The molecule has 1 atom stereocenters. The van der Waals surface area contributed by atoms with Crippen LogP contribution in [-0.4, -0.2) is 18.4 Å². The number of hydrogen-bond acceptors (Lipinski definition) is 3. The third kappa shape index (κ3) is 7.43. The Balaban J connectivity index is 3.87. The highest BCUT2D eigenvalue weighted by Gasteiger charge is 2.18. The Bertz CT molecular complexity index is 221. The van der Waals surface area contributed by atoms with Crippen molar-refractivity contribution in [2.24, 2.45) is 11.8 Å². The number of ether oxygens (including phenoxy) is 1. The summed E-state index contributed by atoms with van der Waals surface area (Å²) >= 11 is 0. The monoisotopic (exact) mass is 228 g/mol. The SMILES string of the molecule is CCC(CCCC(C)=O)C(=O)OCC(C)C. The van der Waals surface area contributed by atoms with Gasteiger partial charge in [0.05, 0.1) is 12.5 Å². The first kappa shape index (κ1) is 15.1. The van der Waals surface area contributed by atoms with E-state index in [-0.39, 0.29) is 17.7 Å². The van der Waals surface area contributed by atoms with E-state index in [1.54, 1.807) is 6.92 Å². The molecular formula is C13H24O3. The van der Waals surface area contributed by atoms with Crippen LogP contribution in [0.1, 0.15) is 53.4 Å². The van der Waals surface area contributed by atoms with E-state index in [2.05, 4.69) is 0 Å². The summed E-state index contributed by atoms with van der Waals surface area (Å²) in [6, 6.07) is 0. The van der Waals surface area contributed by atoms with Crippen molar-refractivity contribution in [2.45, 2.75) is 53.4 Å². The van der Waals surface area contributed by atoms with Crippen LogP contribution >= 0.6 is 0 Å². The summed E-state index contributed by atoms with van der Waals surface area (Å²) in [5.41, 5.74) is 0. The van der Waals surface area contributed by atoms with Crippen LogP contribution in [0.2, 0.25) is 0 Å². The normalized spacial score (nSPS) is 12.6. The van der Waals surface area contributed by atoms with E-state index in [0.29, 0.717) is 18.9 Å². The third-order valence-electron chi connectivity index (χ3n) is 2.47. The molecule has 0 aliphatic rings. The van der Waals surface area contributed by atoms with Crippen LogP contribution in [0.15, 0.2) is 0 Å². The van der Waals surface area contributed by atoms with Crippen molar-refractivity contribution in [3.63, 3.8) is 0 Å². The molecule has 1 unspecified atom stereocenters. The minimum atomic E-state index is -0.111. The Morgan fingerprint density at radius 1 is 1.25 bits per heavy atom. The van der Waals surface area contributed by atoms with Gasteiger partial charge in [0.15, 0.2) is 0 Å². The number of carbonyl (C=O) groups is 2. The molecule has 0 aromatic heterocycles. The molecule has 0 aliphatic carbocycles. The predicted octanol–water partition coefficient (Wildman–Crippen LogP) is 2.97. The van der Waals surface area contributed by atoms with Crippen molar-refractivity contribution >= 4 is 11.8 Å². The summed E-state index contributed by atoms with van der Waals surface area (Å²) in [6.07, 6.45) is 2.89. The highest BCUT2D eigenvalue weighted by molar-refractivity contribution is 5.75. The molecule has 0 saturated heterocycles. The zero-order valence-electron chi connectivity index (χ0n) is 10.9. The van der Waals surface area contributed by atoms with Gasteiger partial charge in [-0.2, -0.15) is 0 Å². The lowest BCUT2D eigenvalue weighted by atomic mass is 9.98. The van der Waals surface area contributed by atoms with Gasteiger partial charge in [0.25, 0.3) is 0 Å². The van der Waals surface area contributed by atoms with Crippen molar-refractivity contribution in [1.82, 2.24) is 0 Å². The van der Waals surface area contributed by atoms with Gasteiger partial charge in [-0.25, -0.2) is 0 Å². The van der Waals surface area contributed by atoms with E-state index >= 15 is 0 Å². The molecule has 0 aromatic rings. The van der Waals surface area contributed by atoms with Gasteiger partial charge in [-0.3, -0.25) is 4.79 Å². The molecule has 3 heteroatoms. The number of ketones is 1. The fraction of sp³-hybridized carbons (Fsp3) is 0.846. The fourth-order valence-electron chi connectivity index (χ4n) is 1.45. The van der Waals surface area contributed by atoms with E-state index in [0.717, 1.165) is 19.3 Å². The van der Waals surface area contributed by atoms with Gasteiger partial charge in [0.1, 0.15) is 5.78 Å². The first-order valence-corrected chi connectivity index (χ1v) is 6.13. The predicted molar refractivity (Wildman–Crippen MR) is 64.1 cm³/mol. The molecule has 0 fully saturated rings. The lowest BCUT2D eigenvalue weighted by Gasteiger charge is -2.14. The van der Waals surface area contributed by atoms with Crippen molar-refractivity contribution in [3.8, 4) is 0 Å². The summed E-state index contributed by atoms with van der Waals surface area (Å²) in [6.45, 7) is 8.09. The van der Waals surface area contributed by atoms with E-state index in [9.17, 15) is 9.59 Å². The molecule has 0 rings (SSSR count). The second-order valence-electron chi connectivity index (χ2n) is 4.72. The Hall–Kier alpha value is -0.860. The summed E-state index contributed by atoms with van der Waals surface area (Å²) in [5, 5.41) is 0. The number of Topliss-reactive ketones (excluding diaryl/α,β-unsaturated/α-hetero) is 1. The van der Waals surface area contributed by atoms with Crippen LogP contribution in [0.5, 0.6) is 0 Å². The van der Waals surface area contributed by atoms with Crippen molar-refractivity contribution in [1.29, 1.82) is 0 Å². The van der Waals surface area contributed by atoms with Crippen LogP contribution in [0, 0.1) is 11.8 Å². The third-order valence-corrected chi connectivity index (χ3v) is 2.47. The molecule has 0 amide bonds. The molecule has 0 spiro atoms. The number of rotatable bonds is 8. The van der Waals surface area contributed by atoms with E-state index < -0.39 is 0 Å². The van der Waals surface area contributed by atoms with E-state index in [4.69, 9.17) is 4.74 Å². The molecule has 94 valence electrons. The van der Waals surface area contributed by atoms with Crippen molar-refractivity contribution < 1.29 is 14.3 Å². The largest absolute Gasteiger partial charge is 0.465 e. The van der Waals surface area contributed by atoms with Crippen LogP contribution in [0.3, 0.4) is 0 Å². The van der Waals surface area contributed by atoms with Gasteiger partial charge >= 0.3 is 5.97 Å². The minimum Gasteiger partial charge on any atom is -0.465 e. The number of esters is 1. The Kier molecular flexibility index (Phi) is 7.86. The summed E-state index contributed by atoms with van der Waals surface area (Å²) < 4.78 is 5.19. The molecule has 16 heavy (non-hydrogen) atoms. The van der Waals surface area contributed by atoms with Crippen LogP contribution < -0.4 is 0 Å². The smallest absolute Gasteiger partial charge is 0.308 e. The lowest BCUT2D eigenvalue weighted by Crippen LogP contribution is -2.19. The average Bonchev–Trinajstić information content (AvgIpc) is 2.20. The Morgan fingerprint density at radius 3 is 2.31 bits per heavy atom. The molecule has 0 heterocycles. The Labute approximate surface area is 98.6 Å². The van der Waals surface area contributed by atoms with E-state index in [1.165, 1.54) is 0 Å².